The van der Waals surface area contributed by atoms with Crippen LogP contribution in [-0.2, 0) is 20.6 Å². The van der Waals surface area contributed by atoms with Crippen molar-refractivity contribution in [3.05, 3.63) is 36.0 Å². The molecule has 2 atom stereocenters. The number of aromatic nitrogens is 2. The highest BCUT2D eigenvalue weighted by Gasteiger charge is 2.35. The predicted octanol–water partition coefficient (Wildman–Crippen LogP) is 6.82. The molecule has 0 spiro atoms. The van der Waals surface area contributed by atoms with E-state index in [0.29, 0.717) is 38.1 Å². The zero-order chi connectivity index (χ0) is 30.0. The number of nitrogens with zero attached hydrogens (tertiary/aromatic N) is 3. The minimum Gasteiger partial charge on any atom is -0.490 e. The second-order valence-electron chi connectivity index (χ2n) is 12.4. The first-order chi connectivity index (χ1) is 20.3. The van der Waals surface area contributed by atoms with Crippen LogP contribution in [0.5, 0.6) is 11.6 Å². The molecular formula is C33H49N3O6. The lowest BCUT2D eigenvalue weighted by atomic mass is 9.95. The molecule has 2 fully saturated rings. The van der Waals surface area contributed by atoms with Gasteiger partial charge in [0.05, 0.1) is 24.5 Å². The van der Waals surface area contributed by atoms with Crippen LogP contribution in [0.4, 0.5) is 4.79 Å². The molecule has 0 N–H and O–H groups in total. The van der Waals surface area contributed by atoms with E-state index in [-0.39, 0.29) is 24.9 Å². The number of unbranched alkanes of at least 4 members (excludes halogenated alkanes) is 1. The molecule has 0 radical (unpaired) electrons. The van der Waals surface area contributed by atoms with Crippen LogP contribution in [0.2, 0.25) is 0 Å². The Morgan fingerprint density at radius 3 is 2.50 bits per heavy atom. The number of methoxy groups -OCH3 is 1. The molecule has 1 saturated carbocycles. The van der Waals surface area contributed by atoms with Gasteiger partial charge in [-0.2, -0.15) is 5.10 Å². The second kappa shape index (κ2) is 15.5. The highest BCUT2D eigenvalue weighted by molar-refractivity contribution is 5.68. The maximum absolute atomic E-state index is 12.8. The Kier molecular flexibility index (Phi) is 11.8. The molecule has 2 heterocycles. The third-order valence-corrected chi connectivity index (χ3v) is 7.80. The molecule has 1 aromatic heterocycles. The van der Waals surface area contributed by atoms with Gasteiger partial charge < -0.3 is 28.6 Å². The lowest BCUT2D eigenvalue weighted by Gasteiger charge is -2.38. The van der Waals surface area contributed by atoms with Gasteiger partial charge >= 0.3 is 6.09 Å². The van der Waals surface area contributed by atoms with Crippen LogP contribution in [0.1, 0.15) is 84.8 Å². The molecule has 4 rings (SSSR count). The molecule has 9 heteroatoms. The summed E-state index contributed by atoms with van der Waals surface area (Å²) in [7, 11) is 1.60. The molecule has 1 aliphatic heterocycles. The van der Waals surface area contributed by atoms with Gasteiger partial charge in [-0.3, -0.25) is 0 Å². The van der Waals surface area contributed by atoms with E-state index in [9.17, 15) is 4.79 Å². The molecule has 0 bridgehead atoms. The summed E-state index contributed by atoms with van der Waals surface area (Å²) in [6, 6.07) is 10.3. The predicted molar refractivity (Wildman–Crippen MR) is 162 cm³/mol. The fourth-order valence-electron chi connectivity index (χ4n) is 5.57. The van der Waals surface area contributed by atoms with Crippen molar-refractivity contribution in [1.82, 2.24) is 15.1 Å². The van der Waals surface area contributed by atoms with Crippen LogP contribution in [0.15, 0.2) is 30.3 Å². The van der Waals surface area contributed by atoms with E-state index in [1.54, 1.807) is 12.0 Å². The Balaban J connectivity index is 1.47. The van der Waals surface area contributed by atoms with Crippen molar-refractivity contribution in [2.45, 2.75) is 103 Å². The molecule has 1 saturated heterocycles. The average Bonchev–Trinajstić information content (AvgIpc) is 2.98. The summed E-state index contributed by atoms with van der Waals surface area (Å²) in [6.45, 7) is 9.31. The molecular weight excluding hydrogens is 534 g/mol. The number of hydrogen-bond donors (Lipinski definition) is 0. The molecule has 42 heavy (non-hydrogen) atoms. The first-order valence-electron chi connectivity index (χ1n) is 15.6. The van der Waals surface area contributed by atoms with Crippen LogP contribution in [0.3, 0.4) is 0 Å². The summed E-state index contributed by atoms with van der Waals surface area (Å²) in [6.07, 6.45) is 9.56. The second-order valence-corrected chi connectivity index (χ2v) is 12.4. The van der Waals surface area contributed by atoms with Crippen molar-refractivity contribution in [2.24, 2.45) is 5.92 Å². The maximum atomic E-state index is 12.8. The van der Waals surface area contributed by atoms with E-state index >= 15 is 0 Å². The normalized spacial score (nSPS) is 19.9. The molecule has 1 aromatic carbocycles. The van der Waals surface area contributed by atoms with Gasteiger partial charge in [0.15, 0.2) is 0 Å². The zero-order valence-corrected chi connectivity index (χ0v) is 26.1. The SMILES string of the molecule is CCCCc1nnc(OCC2CN(C(=O)OC(C)(C)C)CCC2OCOC)cc1-c1ccc(OC2CCCCC2)cc1. The molecule has 2 aromatic rings. The van der Waals surface area contributed by atoms with E-state index in [1.807, 2.05) is 26.8 Å². The third kappa shape index (κ3) is 9.56. The minimum absolute atomic E-state index is 0.0809. The topological polar surface area (TPSA) is 92.2 Å². The molecule has 9 nitrogen and oxygen atoms in total. The first-order valence-corrected chi connectivity index (χ1v) is 15.6. The molecule has 232 valence electrons. The molecule has 1 amide bonds. The Labute approximate surface area is 251 Å². The van der Waals surface area contributed by atoms with Crippen molar-refractivity contribution >= 4 is 6.09 Å². The lowest BCUT2D eigenvalue weighted by molar-refractivity contribution is -0.116. The van der Waals surface area contributed by atoms with Crippen molar-refractivity contribution in [2.75, 3.05) is 33.6 Å². The molecule has 2 unspecified atom stereocenters. The number of carbonyl (C=O) groups is 1. The van der Waals surface area contributed by atoms with Crippen molar-refractivity contribution < 1.29 is 28.5 Å². The van der Waals surface area contributed by atoms with Gasteiger partial charge in [-0.25, -0.2) is 4.79 Å². The Morgan fingerprint density at radius 1 is 1.05 bits per heavy atom. The molecule has 2 aliphatic rings. The number of amides is 1. The van der Waals surface area contributed by atoms with Gasteiger partial charge in [-0.15, -0.1) is 5.10 Å². The van der Waals surface area contributed by atoms with Gasteiger partial charge in [0.25, 0.3) is 0 Å². The van der Waals surface area contributed by atoms with Gasteiger partial charge in [-0.05, 0) is 83.4 Å². The van der Waals surface area contributed by atoms with Crippen molar-refractivity contribution in [1.29, 1.82) is 0 Å². The quantitative estimate of drug-likeness (QED) is 0.251. The van der Waals surface area contributed by atoms with Crippen LogP contribution >= 0.6 is 0 Å². The van der Waals surface area contributed by atoms with E-state index in [4.69, 9.17) is 23.7 Å². The largest absolute Gasteiger partial charge is 0.490 e. The Bertz CT molecular complexity index is 1110. The number of piperidine rings is 1. The van der Waals surface area contributed by atoms with Gasteiger partial charge in [0, 0.05) is 37.7 Å². The van der Waals surface area contributed by atoms with Gasteiger partial charge in [0.2, 0.25) is 5.88 Å². The first kappa shape index (κ1) is 32.0. The lowest BCUT2D eigenvalue weighted by Crippen LogP contribution is -2.50. The summed E-state index contributed by atoms with van der Waals surface area (Å²) < 4.78 is 29.2. The summed E-state index contributed by atoms with van der Waals surface area (Å²) in [5, 5.41) is 9.00. The standard InChI is InChI=1S/C33H49N3O6/c1-6-7-13-29-28(24-14-16-27(17-15-24)41-26-11-9-8-10-12-26)20-31(35-34-29)39-22-25-21-36(32(37)42-33(2,3)4)19-18-30(25)40-23-38-5/h14-17,20,25-26,30H,6-13,18-19,21-23H2,1-5H3. The fourth-order valence-corrected chi connectivity index (χ4v) is 5.57. The third-order valence-electron chi connectivity index (χ3n) is 7.80. The number of rotatable bonds is 12. The number of likely N-dealkylation sites (tertiary alicyclic amines) is 1. The summed E-state index contributed by atoms with van der Waals surface area (Å²) in [5.41, 5.74) is 2.48. The van der Waals surface area contributed by atoms with Crippen LogP contribution in [0, 0.1) is 5.92 Å². The Morgan fingerprint density at radius 2 is 1.81 bits per heavy atom. The summed E-state index contributed by atoms with van der Waals surface area (Å²) in [5.74, 6) is 1.28. The fraction of sp³-hybridized carbons (Fsp3) is 0.667. The average molecular weight is 584 g/mol. The number of carbonyl (C=O) groups excluding carboxylic acids is 1. The highest BCUT2D eigenvalue weighted by Crippen LogP contribution is 2.30. The van der Waals surface area contributed by atoms with Gasteiger partial charge in [0.1, 0.15) is 18.1 Å². The van der Waals surface area contributed by atoms with Crippen molar-refractivity contribution in [3.8, 4) is 22.8 Å². The smallest absolute Gasteiger partial charge is 0.410 e. The van der Waals surface area contributed by atoms with E-state index in [0.717, 1.165) is 54.7 Å². The number of aryl methyl sites for hydroxylation is 1. The number of benzene rings is 1. The van der Waals surface area contributed by atoms with Crippen LogP contribution < -0.4 is 9.47 Å². The van der Waals surface area contributed by atoms with Crippen molar-refractivity contribution in [3.63, 3.8) is 0 Å². The van der Waals surface area contributed by atoms with Crippen LogP contribution in [-0.4, -0.2) is 72.6 Å². The number of ether oxygens (including phenoxy) is 5. The minimum atomic E-state index is -0.557. The van der Waals surface area contributed by atoms with Gasteiger partial charge in [-0.1, -0.05) is 31.9 Å². The summed E-state index contributed by atoms with van der Waals surface area (Å²) in [4.78, 5) is 14.5. The monoisotopic (exact) mass is 583 g/mol. The van der Waals surface area contributed by atoms with E-state index in [1.165, 1.54) is 19.3 Å². The summed E-state index contributed by atoms with van der Waals surface area (Å²) >= 11 is 0. The zero-order valence-electron chi connectivity index (χ0n) is 26.1. The maximum Gasteiger partial charge on any atom is 0.410 e. The van der Waals surface area contributed by atoms with E-state index < -0.39 is 5.60 Å². The Hall–Kier alpha value is -2.91. The molecule has 1 aliphatic carbocycles. The van der Waals surface area contributed by atoms with Crippen LogP contribution in [0.25, 0.3) is 11.1 Å². The number of hydrogen-bond acceptors (Lipinski definition) is 8. The van der Waals surface area contributed by atoms with E-state index in [2.05, 4.69) is 41.4 Å². The highest BCUT2D eigenvalue weighted by atomic mass is 16.7.